The van der Waals surface area contributed by atoms with Crippen LogP contribution in [0.5, 0.6) is 0 Å². The third-order valence-corrected chi connectivity index (χ3v) is 5.15. The molecule has 0 N–H and O–H groups in total. The number of piperazine rings is 1. The summed E-state index contributed by atoms with van der Waals surface area (Å²) in [5.74, 6) is 2.53. The van der Waals surface area contributed by atoms with Gasteiger partial charge in [0.2, 0.25) is 5.89 Å². The van der Waals surface area contributed by atoms with E-state index in [2.05, 4.69) is 29.9 Å². The Morgan fingerprint density at radius 3 is 2.61 bits per heavy atom. The van der Waals surface area contributed by atoms with Crippen molar-refractivity contribution >= 4 is 16.9 Å². The standard InChI is InChI=1S/C20H21N7O/c1-25-19-16(11-24-25)20(23-14-22-19)27-9-7-26(8-10-27)13-18-21-12-17(28-18)15-5-3-2-4-6-15/h2-6,11-12,14H,7-10,13H2,1H3. The third kappa shape index (κ3) is 3.11. The zero-order valence-corrected chi connectivity index (χ0v) is 15.7. The van der Waals surface area contributed by atoms with Crippen molar-refractivity contribution in [3.63, 3.8) is 0 Å². The van der Waals surface area contributed by atoms with Crippen molar-refractivity contribution in [2.75, 3.05) is 31.1 Å². The SMILES string of the molecule is Cn1ncc2c(N3CCN(Cc4ncc(-c5ccccc5)o4)CC3)ncnc21. The van der Waals surface area contributed by atoms with Crippen molar-refractivity contribution in [1.29, 1.82) is 0 Å². The molecular weight excluding hydrogens is 354 g/mol. The van der Waals surface area contributed by atoms with E-state index in [1.165, 1.54) is 0 Å². The molecule has 1 saturated heterocycles. The fourth-order valence-corrected chi connectivity index (χ4v) is 3.63. The quantitative estimate of drug-likeness (QED) is 0.542. The maximum absolute atomic E-state index is 5.95. The highest BCUT2D eigenvalue weighted by atomic mass is 16.4. The highest BCUT2D eigenvalue weighted by molar-refractivity contribution is 5.86. The Labute approximate surface area is 162 Å². The van der Waals surface area contributed by atoms with Crippen LogP contribution in [-0.2, 0) is 13.6 Å². The van der Waals surface area contributed by atoms with Gasteiger partial charge in [-0.1, -0.05) is 30.3 Å². The van der Waals surface area contributed by atoms with Crippen molar-refractivity contribution in [3.8, 4) is 11.3 Å². The van der Waals surface area contributed by atoms with Gasteiger partial charge in [0, 0.05) is 38.8 Å². The summed E-state index contributed by atoms with van der Waals surface area (Å²) in [6.07, 6.45) is 5.26. The molecule has 0 amide bonds. The Balaban J connectivity index is 1.25. The van der Waals surface area contributed by atoms with E-state index in [0.29, 0.717) is 6.54 Å². The molecule has 0 spiro atoms. The van der Waals surface area contributed by atoms with Crippen molar-refractivity contribution < 1.29 is 4.42 Å². The molecule has 3 aromatic heterocycles. The lowest BCUT2D eigenvalue weighted by Crippen LogP contribution is -2.46. The van der Waals surface area contributed by atoms with Crippen molar-refractivity contribution in [1.82, 2.24) is 29.6 Å². The molecule has 8 heteroatoms. The summed E-state index contributed by atoms with van der Waals surface area (Å²) in [5, 5.41) is 5.30. The predicted molar refractivity (Wildman–Crippen MR) is 106 cm³/mol. The van der Waals surface area contributed by atoms with Crippen LogP contribution in [0.4, 0.5) is 5.82 Å². The Bertz CT molecular complexity index is 1080. The van der Waals surface area contributed by atoms with Gasteiger partial charge >= 0.3 is 0 Å². The molecule has 0 atom stereocenters. The molecule has 28 heavy (non-hydrogen) atoms. The van der Waals surface area contributed by atoms with Gasteiger partial charge in [-0.15, -0.1) is 0 Å². The van der Waals surface area contributed by atoms with Gasteiger partial charge in [0.15, 0.2) is 11.4 Å². The number of hydrogen-bond acceptors (Lipinski definition) is 7. The molecule has 1 fully saturated rings. The molecule has 8 nitrogen and oxygen atoms in total. The van der Waals surface area contributed by atoms with Gasteiger partial charge < -0.3 is 9.32 Å². The Kier molecular flexibility index (Phi) is 4.25. The van der Waals surface area contributed by atoms with E-state index >= 15 is 0 Å². The maximum Gasteiger partial charge on any atom is 0.209 e. The fourth-order valence-electron chi connectivity index (χ4n) is 3.63. The first-order chi connectivity index (χ1) is 13.8. The van der Waals surface area contributed by atoms with Crippen molar-refractivity contribution in [2.24, 2.45) is 7.05 Å². The number of rotatable bonds is 4. The molecule has 142 valence electrons. The Morgan fingerprint density at radius 1 is 0.964 bits per heavy atom. The summed E-state index contributed by atoms with van der Waals surface area (Å²) in [4.78, 5) is 17.9. The molecule has 4 aromatic rings. The topological polar surface area (TPSA) is 76.1 Å². The number of oxazole rings is 1. The monoisotopic (exact) mass is 375 g/mol. The number of aromatic nitrogens is 5. The molecule has 1 aromatic carbocycles. The van der Waals surface area contributed by atoms with Crippen LogP contribution in [0.2, 0.25) is 0 Å². The second-order valence-electron chi connectivity index (χ2n) is 6.95. The normalized spacial score (nSPS) is 15.4. The molecule has 0 saturated carbocycles. The van der Waals surface area contributed by atoms with Crippen LogP contribution in [0, 0.1) is 0 Å². The highest BCUT2D eigenvalue weighted by Crippen LogP contribution is 2.24. The fraction of sp³-hybridized carbons (Fsp3) is 0.300. The largest absolute Gasteiger partial charge is 0.439 e. The Hall–Kier alpha value is -3.26. The molecule has 4 heterocycles. The lowest BCUT2D eigenvalue weighted by atomic mass is 10.2. The van der Waals surface area contributed by atoms with Gasteiger partial charge in [0.05, 0.1) is 24.3 Å². The molecule has 1 aliphatic heterocycles. The van der Waals surface area contributed by atoms with Gasteiger partial charge in [-0.3, -0.25) is 9.58 Å². The van der Waals surface area contributed by atoms with E-state index in [0.717, 1.165) is 60.2 Å². The van der Waals surface area contributed by atoms with Crippen LogP contribution >= 0.6 is 0 Å². The van der Waals surface area contributed by atoms with E-state index in [9.17, 15) is 0 Å². The lowest BCUT2D eigenvalue weighted by Gasteiger charge is -2.34. The zero-order chi connectivity index (χ0) is 18.9. The number of fused-ring (bicyclic) bond motifs is 1. The second-order valence-corrected chi connectivity index (χ2v) is 6.95. The average molecular weight is 375 g/mol. The lowest BCUT2D eigenvalue weighted by molar-refractivity contribution is 0.227. The van der Waals surface area contributed by atoms with Gasteiger partial charge in [0.1, 0.15) is 12.1 Å². The van der Waals surface area contributed by atoms with E-state index in [1.807, 2.05) is 43.6 Å². The van der Waals surface area contributed by atoms with E-state index in [4.69, 9.17) is 4.42 Å². The van der Waals surface area contributed by atoms with Gasteiger partial charge in [0.25, 0.3) is 0 Å². The summed E-state index contributed by atoms with van der Waals surface area (Å²) >= 11 is 0. The summed E-state index contributed by atoms with van der Waals surface area (Å²) in [6.45, 7) is 4.36. The first kappa shape index (κ1) is 16.9. The second kappa shape index (κ2) is 7.05. The number of anilines is 1. The van der Waals surface area contributed by atoms with Crippen molar-refractivity contribution in [3.05, 3.63) is 54.9 Å². The van der Waals surface area contributed by atoms with Gasteiger partial charge in [-0.05, 0) is 0 Å². The first-order valence-electron chi connectivity index (χ1n) is 9.38. The minimum absolute atomic E-state index is 0.715. The molecule has 5 rings (SSSR count). The van der Waals surface area contributed by atoms with Crippen LogP contribution in [0.25, 0.3) is 22.4 Å². The van der Waals surface area contributed by atoms with E-state index in [-0.39, 0.29) is 0 Å². The van der Waals surface area contributed by atoms with E-state index < -0.39 is 0 Å². The molecule has 0 aliphatic carbocycles. The average Bonchev–Trinajstić information content (AvgIpc) is 3.36. The van der Waals surface area contributed by atoms with Crippen LogP contribution in [0.3, 0.4) is 0 Å². The van der Waals surface area contributed by atoms with Gasteiger partial charge in [-0.25, -0.2) is 15.0 Å². The molecule has 0 radical (unpaired) electrons. The summed E-state index contributed by atoms with van der Waals surface area (Å²) in [6, 6.07) is 10.1. The van der Waals surface area contributed by atoms with E-state index in [1.54, 1.807) is 17.2 Å². The molecule has 0 unspecified atom stereocenters. The predicted octanol–water partition coefficient (Wildman–Crippen LogP) is 2.34. The third-order valence-electron chi connectivity index (χ3n) is 5.15. The van der Waals surface area contributed by atoms with Crippen LogP contribution < -0.4 is 4.90 Å². The zero-order valence-electron chi connectivity index (χ0n) is 15.7. The number of nitrogens with zero attached hydrogens (tertiary/aromatic N) is 7. The van der Waals surface area contributed by atoms with Crippen LogP contribution in [0.1, 0.15) is 5.89 Å². The first-order valence-corrected chi connectivity index (χ1v) is 9.38. The molecular formula is C20H21N7O. The molecule has 0 bridgehead atoms. The maximum atomic E-state index is 5.95. The van der Waals surface area contributed by atoms with Crippen LogP contribution in [-0.4, -0.2) is 55.8 Å². The Morgan fingerprint density at radius 2 is 1.79 bits per heavy atom. The van der Waals surface area contributed by atoms with Crippen LogP contribution in [0.15, 0.2) is 53.5 Å². The minimum Gasteiger partial charge on any atom is -0.439 e. The number of aryl methyl sites for hydroxylation is 1. The number of benzene rings is 1. The summed E-state index contributed by atoms with van der Waals surface area (Å²) in [5.41, 5.74) is 1.91. The molecule has 1 aliphatic rings. The van der Waals surface area contributed by atoms with Gasteiger partial charge in [-0.2, -0.15) is 5.10 Å². The van der Waals surface area contributed by atoms with Crippen molar-refractivity contribution in [2.45, 2.75) is 6.54 Å². The number of hydrogen-bond donors (Lipinski definition) is 0. The minimum atomic E-state index is 0.715. The summed E-state index contributed by atoms with van der Waals surface area (Å²) < 4.78 is 7.73. The highest BCUT2D eigenvalue weighted by Gasteiger charge is 2.22. The smallest absolute Gasteiger partial charge is 0.209 e. The summed E-state index contributed by atoms with van der Waals surface area (Å²) in [7, 11) is 1.90.